The number of hydrogen-bond acceptors (Lipinski definition) is 4. The first-order valence-electron chi connectivity index (χ1n) is 9.40. The minimum Gasteiger partial charge on any atom is -0.351 e. The van der Waals surface area contributed by atoms with Crippen LogP contribution in [0, 0.1) is 0 Å². The second-order valence-corrected chi connectivity index (χ2v) is 6.25. The highest BCUT2D eigenvalue weighted by molar-refractivity contribution is 6.07. The lowest BCUT2D eigenvalue weighted by Gasteiger charge is -2.24. The Morgan fingerprint density at radius 3 is 2.36 bits per heavy atom. The summed E-state index contributed by atoms with van der Waals surface area (Å²) in [5.74, 6) is -0.214. The van der Waals surface area contributed by atoms with Gasteiger partial charge >= 0.3 is 6.03 Å². The molecule has 0 spiro atoms. The Kier molecular flexibility index (Phi) is 6.62. The van der Waals surface area contributed by atoms with Crippen LogP contribution in [0.4, 0.5) is 16.2 Å². The molecule has 148 valence electrons. The molecule has 1 heterocycles. The van der Waals surface area contributed by atoms with E-state index >= 15 is 0 Å². The van der Waals surface area contributed by atoms with Crippen molar-refractivity contribution in [2.75, 3.05) is 30.0 Å². The molecule has 1 atom stereocenters. The van der Waals surface area contributed by atoms with Crippen LogP contribution in [0.25, 0.3) is 0 Å². The van der Waals surface area contributed by atoms with Gasteiger partial charge in [-0.25, -0.2) is 4.79 Å². The Morgan fingerprint density at radius 1 is 1.04 bits per heavy atom. The monoisotopic (exact) mass is 383 g/mol. The van der Waals surface area contributed by atoms with Gasteiger partial charge in [-0.1, -0.05) is 36.4 Å². The summed E-state index contributed by atoms with van der Waals surface area (Å²) in [4.78, 5) is 27.1. The number of benzene rings is 2. The van der Waals surface area contributed by atoms with Gasteiger partial charge in [0.25, 0.3) is 5.91 Å². The third-order valence-corrected chi connectivity index (χ3v) is 4.40. The van der Waals surface area contributed by atoms with Crippen LogP contribution >= 0.6 is 0 Å². The van der Waals surface area contributed by atoms with E-state index in [0.29, 0.717) is 18.9 Å². The number of anilines is 2. The van der Waals surface area contributed by atoms with E-state index in [1.807, 2.05) is 56.3 Å². The van der Waals surface area contributed by atoms with Crippen molar-refractivity contribution in [1.29, 1.82) is 0 Å². The maximum absolute atomic E-state index is 13.1. The molecule has 0 aromatic heterocycles. The van der Waals surface area contributed by atoms with Gasteiger partial charge in [0, 0.05) is 30.2 Å². The second-order valence-electron chi connectivity index (χ2n) is 6.25. The van der Waals surface area contributed by atoms with Gasteiger partial charge in [0.2, 0.25) is 0 Å². The van der Waals surface area contributed by atoms with E-state index in [1.54, 1.807) is 17.0 Å². The zero-order valence-electron chi connectivity index (χ0n) is 16.1. The van der Waals surface area contributed by atoms with Crippen molar-refractivity contribution in [3.8, 4) is 0 Å². The molecule has 1 aliphatic heterocycles. The third kappa shape index (κ3) is 4.49. The smallest absolute Gasteiger partial charge is 0.320 e. The van der Waals surface area contributed by atoms with Crippen LogP contribution in [0.1, 0.15) is 25.5 Å². The topological polar surface area (TPSA) is 79.9 Å². The van der Waals surface area contributed by atoms with E-state index in [4.69, 9.17) is 9.47 Å². The quantitative estimate of drug-likeness (QED) is 0.686. The Bertz CT molecular complexity index is 806. The van der Waals surface area contributed by atoms with Gasteiger partial charge in [-0.3, -0.25) is 4.79 Å². The zero-order valence-corrected chi connectivity index (χ0v) is 16.1. The highest BCUT2D eigenvalue weighted by Gasteiger charge is 2.39. The lowest BCUT2D eigenvalue weighted by Crippen LogP contribution is -2.43. The number of nitrogens with zero attached hydrogens (tertiary/aromatic N) is 1. The average molecular weight is 383 g/mol. The molecule has 1 unspecified atom stereocenters. The molecule has 2 N–H and O–H groups in total. The number of hydrogen-bond donors (Lipinski definition) is 2. The molecule has 0 aliphatic carbocycles. The SMILES string of the molecule is CCOC(CN1C(=O)C(NC(=O)Nc2ccccc2)c2ccccc21)OCC. The molecule has 0 bridgehead atoms. The molecule has 2 aromatic rings. The summed E-state index contributed by atoms with van der Waals surface area (Å²) in [6.07, 6.45) is -0.524. The lowest BCUT2D eigenvalue weighted by molar-refractivity contribution is -0.135. The molecule has 2 aromatic carbocycles. The fourth-order valence-corrected chi connectivity index (χ4v) is 3.21. The van der Waals surface area contributed by atoms with Gasteiger partial charge in [-0.2, -0.15) is 0 Å². The van der Waals surface area contributed by atoms with Gasteiger partial charge in [0.1, 0.15) is 6.04 Å². The summed E-state index contributed by atoms with van der Waals surface area (Å²) >= 11 is 0. The lowest BCUT2D eigenvalue weighted by atomic mass is 10.1. The largest absolute Gasteiger partial charge is 0.351 e. The Balaban J connectivity index is 1.75. The second kappa shape index (κ2) is 9.34. The minimum absolute atomic E-state index is 0.214. The summed E-state index contributed by atoms with van der Waals surface area (Å²) < 4.78 is 11.2. The predicted octanol–water partition coefficient (Wildman–Crippen LogP) is 3.30. The molecule has 0 saturated heterocycles. The van der Waals surface area contributed by atoms with Crippen LogP contribution in [0.5, 0.6) is 0 Å². The van der Waals surface area contributed by atoms with Crippen molar-refractivity contribution in [3.63, 3.8) is 0 Å². The molecular formula is C21H25N3O4. The van der Waals surface area contributed by atoms with E-state index in [1.165, 1.54) is 0 Å². The van der Waals surface area contributed by atoms with Gasteiger partial charge < -0.3 is 25.0 Å². The molecule has 0 radical (unpaired) electrons. The summed E-state index contributed by atoms with van der Waals surface area (Å²) in [7, 11) is 0. The van der Waals surface area contributed by atoms with Crippen LogP contribution in [0.2, 0.25) is 0 Å². The number of urea groups is 1. The van der Waals surface area contributed by atoms with Gasteiger partial charge in [0.15, 0.2) is 6.29 Å². The van der Waals surface area contributed by atoms with Crippen molar-refractivity contribution in [2.45, 2.75) is 26.2 Å². The number of rotatable bonds is 8. The molecule has 3 rings (SSSR count). The molecular weight excluding hydrogens is 358 g/mol. The summed E-state index contributed by atoms with van der Waals surface area (Å²) in [6.45, 7) is 4.98. The highest BCUT2D eigenvalue weighted by Crippen LogP contribution is 2.36. The van der Waals surface area contributed by atoms with Gasteiger partial charge in [-0.05, 0) is 32.0 Å². The van der Waals surface area contributed by atoms with E-state index in [-0.39, 0.29) is 12.5 Å². The first-order valence-corrected chi connectivity index (χ1v) is 9.40. The zero-order chi connectivity index (χ0) is 19.9. The maximum atomic E-state index is 13.1. The maximum Gasteiger partial charge on any atom is 0.320 e. The summed E-state index contributed by atoms with van der Waals surface area (Å²) in [5.41, 5.74) is 2.16. The number of para-hydroxylation sites is 2. The van der Waals surface area contributed by atoms with Crippen molar-refractivity contribution in [1.82, 2.24) is 5.32 Å². The third-order valence-electron chi connectivity index (χ3n) is 4.40. The standard InChI is InChI=1S/C21H25N3O4/c1-3-27-18(28-4-2)14-24-17-13-9-8-12-16(17)19(20(24)25)23-21(26)22-15-10-6-5-7-11-15/h5-13,18-19H,3-4,14H2,1-2H3,(H2,22,23,26). The van der Waals surface area contributed by atoms with E-state index < -0.39 is 18.4 Å². The van der Waals surface area contributed by atoms with Crippen molar-refractivity contribution in [3.05, 3.63) is 60.2 Å². The van der Waals surface area contributed by atoms with E-state index in [0.717, 1.165) is 11.3 Å². The average Bonchev–Trinajstić information content (AvgIpc) is 2.95. The fourth-order valence-electron chi connectivity index (χ4n) is 3.21. The Labute approximate surface area is 164 Å². The summed E-state index contributed by atoms with van der Waals surface area (Å²) in [5, 5.41) is 5.52. The number of fused-ring (bicyclic) bond motifs is 1. The van der Waals surface area contributed by atoms with E-state index in [2.05, 4.69) is 10.6 Å². The fraction of sp³-hybridized carbons (Fsp3) is 0.333. The molecule has 0 saturated carbocycles. The van der Waals surface area contributed by atoms with Crippen LogP contribution in [-0.4, -0.2) is 38.0 Å². The number of ether oxygens (including phenoxy) is 2. The number of carbonyl (C=O) groups is 2. The Morgan fingerprint density at radius 2 is 1.68 bits per heavy atom. The van der Waals surface area contributed by atoms with Crippen molar-refractivity contribution in [2.24, 2.45) is 0 Å². The highest BCUT2D eigenvalue weighted by atomic mass is 16.7. The van der Waals surface area contributed by atoms with Crippen LogP contribution in [0.3, 0.4) is 0 Å². The van der Waals surface area contributed by atoms with Gasteiger partial charge in [0.05, 0.1) is 6.54 Å². The summed E-state index contributed by atoms with van der Waals surface area (Å²) in [6, 6.07) is 15.3. The Hall–Kier alpha value is -2.90. The first kappa shape index (κ1) is 19.9. The van der Waals surface area contributed by atoms with Crippen molar-refractivity contribution >= 4 is 23.3 Å². The van der Waals surface area contributed by atoms with Gasteiger partial charge in [-0.15, -0.1) is 0 Å². The number of carbonyl (C=O) groups excluding carboxylic acids is 2. The normalized spacial score (nSPS) is 15.6. The molecule has 3 amide bonds. The number of amides is 3. The molecule has 28 heavy (non-hydrogen) atoms. The van der Waals surface area contributed by atoms with Crippen LogP contribution in [-0.2, 0) is 14.3 Å². The van der Waals surface area contributed by atoms with Crippen LogP contribution < -0.4 is 15.5 Å². The molecule has 7 nitrogen and oxygen atoms in total. The predicted molar refractivity (Wildman–Crippen MR) is 107 cm³/mol. The van der Waals surface area contributed by atoms with E-state index in [9.17, 15) is 9.59 Å². The molecule has 0 fully saturated rings. The van der Waals surface area contributed by atoms with Crippen molar-refractivity contribution < 1.29 is 19.1 Å². The molecule has 7 heteroatoms. The first-order chi connectivity index (χ1) is 13.6. The number of nitrogens with one attached hydrogen (secondary N) is 2. The molecule has 1 aliphatic rings. The van der Waals surface area contributed by atoms with Crippen LogP contribution in [0.15, 0.2) is 54.6 Å². The minimum atomic E-state index is -0.760.